The van der Waals surface area contributed by atoms with Crippen molar-refractivity contribution in [3.8, 4) is 17.6 Å². The van der Waals surface area contributed by atoms with E-state index in [9.17, 15) is 15.2 Å². The lowest BCUT2D eigenvalue weighted by atomic mass is 9.64. The van der Waals surface area contributed by atoms with E-state index in [1.807, 2.05) is 96.9 Å². The first-order valence-corrected chi connectivity index (χ1v) is 25.9. The maximum absolute atomic E-state index is 16.8. The van der Waals surface area contributed by atoms with Crippen LogP contribution in [0.1, 0.15) is 89.2 Å². The van der Waals surface area contributed by atoms with Gasteiger partial charge in [0.1, 0.15) is 36.5 Å². The predicted molar refractivity (Wildman–Crippen MR) is 284 cm³/mol. The Balaban J connectivity index is 1.21. The Hall–Kier alpha value is -8.16. The van der Waals surface area contributed by atoms with E-state index in [2.05, 4.69) is 28.9 Å². The highest BCUT2D eigenvalue weighted by molar-refractivity contribution is 6.23. The van der Waals surface area contributed by atoms with E-state index >= 15 is 19.2 Å². The van der Waals surface area contributed by atoms with Gasteiger partial charge in [-0.05, 0) is 95.7 Å². The monoisotopic (exact) mass is 1020 g/mol. The first-order valence-electron chi connectivity index (χ1n) is 25.9. The molecule has 4 aliphatic heterocycles. The second kappa shape index (κ2) is 22.8. The molecule has 4 heterocycles. The van der Waals surface area contributed by atoms with Crippen molar-refractivity contribution in [2.75, 3.05) is 44.8 Å². The van der Waals surface area contributed by atoms with Gasteiger partial charge in [0, 0.05) is 37.3 Å². The summed E-state index contributed by atoms with van der Waals surface area (Å²) in [6.07, 6.45) is 2.26. The zero-order valence-electron chi connectivity index (χ0n) is 42.2. The first kappa shape index (κ1) is 51.3. The number of aliphatic hydroxyl groups excluding tert-OH is 1. The number of rotatable bonds is 13. The molecule has 0 unspecified atom stereocenters. The van der Waals surface area contributed by atoms with Crippen LogP contribution in [0.4, 0.5) is 16.2 Å². The van der Waals surface area contributed by atoms with Gasteiger partial charge in [0.2, 0.25) is 11.8 Å². The van der Waals surface area contributed by atoms with E-state index in [0.717, 1.165) is 35.3 Å². The van der Waals surface area contributed by atoms with E-state index in [0.29, 0.717) is 72.6 Å². The number of carbonyl (C=O) groups is 4. The van der Waals surface area contributed by atoms with Crippen molar-refractivity contribution in [3.05, 3.63) is 207 Å². The summed E-state index contributed by atoms with van der Waals surface area (Å²) in [6, 6.07) is 43.5. The highest BCUT2D eigenvalue weighted by atomic mass is 16.6. The molecule has 0 aromatic heterocycles. The number of nitro benzene ring substituents is 1. The standard InChI is InChI=1S/C61H59N5O10/c1-62(40-43-18-8-5-9-19-43)33-17-20-42-29-32-51-50(38-42)61(59(70)64(51)60(71)75-41-44-27-30-48(31-28-44)66(72)73)52(57(68)63-34-14-3-2-4-15-35-63)54-58(69)76-55(46-23-12-7-13-24-46)53(45-21-10-6-11-22-45)65(54)56(61)47-25-16-26-49(39-47)74-37-36-67/h5-13,16,18-19,21-32,38-39,52-56,67H,2-4,14-15,33-37,40-41H2,1H3/t52-,53-,54-,55+,56+,61-/m1/s1. The van der Waals surface area contributed by atoms with Crippen LogP contribution in [-0.4, -0.2) is 94.5 Å². The zero-order chi connectivity index (χ0) is 52.8. The molecule has 4 aliphatic rings. The molecular formula is C61H59N5O10. The molecule has 3 amide bonds. The highest BCUT2D eigenvalue weighted by Crippen LogP contribution is 2.66. The fourth-order valence-electron chi connectivity index (χ4n) is 11.7. The number of ether oxygens (including phenoxy) is 3. The number of carbonyl (C=O) groups excluding carboxylic acids is 4. The molecule has 6 aromatic rings. The van der Waals surface area contributed by atoms with Crippen LogP contribution in [0.25, 0.3) is 0 Å². The summed E-state index contributed by atoms with van der Waals surface area (Å²) in [6.45, 7) is 1.17. The van der Waals surface area contributed by atoms with Gasteiger partial charge in [0.15, 0.2) is 0 Å². The molecule has 15 nitrogen and oxygen atoms in total. The average molecular weight is 1020 g/mol. The summed E-state index contributed by atoms with van der Waals surface area (Å²) in [5.74, 6) is 3.62. The van der Waals surface area contributed by atoms with Gasteiger partial charge in [-0.1, -0.05) is 134 Å². The van der Waals surface area contributed by atoms with E-state index in [-0.39, 0.29) is 31.2 Å². The molecule has 6 atom stereocenters. The van der Waals surface area contributed by atoms with Gasteiger partial charge in [0.05, 0.1) is 41.8 Å². The number of morpholine rings is 1. The van der Waals surface area contributed by atoms with Crippen molar-refractivity contribution in [2.24, 2.45) is 5.92 Å². The number of imide groups is 1. The minimum Gasteiger partial charge on any atom is -0.491 e. The molecule has 0 saturated carbocycles. The van der Waals surface area contributed by atoms with Gasteiger partial charge >= 0.3 is 12.1 Å². The van der Waals surface area contributed by atoms with Crippen molar-refractivity contribution >= 4 is 35.3 Å². The molecule has 1 N–H and O–H groups in total. The van der Waals surface area contributed by atoms with Gasteiger partial charge in [0.25, 0.3) is 5.69 Å². The number of non-ortho nitro benzene ring substituents is 1. The Morgan fingerprint density at radius 1 is 0.776 bits per heavy atom. The average Bonchev–Trinajstić information content (AvgIpc) is 4.10. The van der Waals surface area contributed by atoms with Gasteiger partial charge in [-0.2, -0.15) is 0 Å². The van der Waals surface area contributed by atoms with Crippen LogP contribution in [0.5, 0.6) is 5.75 Å². The number of cyclic esters (lactones) is 1. The SMILES string of the molecule is CN(CC#Cc1ccc2c(c1)[C@]1(C(=O)N2C(=O)OCc2ccc([N+](=O)[O-])cc2)[C@H](c2cccc(OCCO)c2)N2[C@H](c3ccccc3)[C@H](c3ccccc3)OC(=O)[C@H]2[C@@H]1C(=O)N1CCCCCCC1)Cc1ccccc1. The Morgan fingerprint density at radius 3 is 2.12 bits per heavy atom. The number of nitro groups is 1. The van der Waals surface area contributed by atoms with Crippen LogP contribution >= 0.6 is 0 Å². The third kappa shape index (κ3) is 10.1. The summed E-state index contributed by atoms with van der Waals surface area (Å²) in [5, 5.41) is 21.4. The lowest BCUT2D eigenvalue weighted by Crippen LogP contribution is -2.56. The van der Waals surface area contributed by atoms with Crippen LogP contribution in [0, 0.1) is 27.9 Å². The maximum atomic E-state index is 16.8. The lowest BCUT2D eigenvalue weighted by molar-refractivity contribution is -0.384. The summed E-state index contributed by atoms with van der Waals surface area (Å²) >= 11 is 0. The fraction of sp³-hybridized carbons (Fsp3) is 0.311. The number of hydrogen-bond acceptors (Lipinski definition) is 12. The van der Waals surface area contributed by atoms with E-state index in [4.69, 9.17) is 14.2 Å². The highest BCUT2D eigenvalue weighted by Gasteiger charge is 2.76. The number of hydrogen-bond donors (Lipinski definition) is 1. The zero-order valence-corrected chi connectivity index (χ0v) is 42.2. The third-order valence-electron chi connectivity index (χ3n) is 15.0. The molecule has 0 aliphatic carbocycles. The van der Waals surface area contributed by atoms with Crippen molar-refractivity contribution in [1.29, 1.82) is 0 Å². The quantitative estimate of drug-likeness (QED) is 0.0504. The summed E-state index contributed by atoms with van der Waals surface area (Å²) in [4.78, 5) is 81.8. The first-order chi connectivity index (χ1) is 37.1. The normalized spacial score (nSPS) is 22.2. The predicted octanol–water partition coefficient (Wildman–Crippen LogP) is 9.24. The lowest BCUT2D eigenvalue weighted by Gasteiger charge is -2.46. The van der Waals surface area contributed by atoms with Crippen molar-refractivity contribution in [3.63, 3.8) is 0 Å². The summed E-state index contributed by atoms with van der Waals surface area (Å²) in [5.41, 5.74) is 2.27. The smallest absolute Gasteiger partial charge is 0.421 e. The van der Waals surface area contributed by atoms with Crippen LogP contribution in [-0.2, 0) is 42.4 Å². The number of nitrogens with zero attached hydrogens (tertiary/aromatic N) is 5. The summed E-state index contributed by atoms with van der Waals surface area (Å²) in [7, 11) is 1.97. The van der Waals surface area contributed by atoms with Crippen LogP contribution in [0.15, 0.2) is 158 Å². The van der Waals surface area contributed by atoms with Gasteiger partial charge in [-0.15, -0.1) is 0 Å². The van der Waals surface area contributed by atoms with E-state index in [1.54, 1.807) is 41.3 Å². The molecule has 6 aromatic carbocycles. The second-order valence-corrected chi connectivity index (χ2v) is 19.8. The van der Waals surface area contributed by atoms with E-state index in [1.165, 1.54) is 24.3 Å². The van der Waals surface area contributed by atoms with E-state index < -0.39 is 64.4 Å². The van der Waals surface area contributed by atoms with Gasteiger partial charge in [-0.3, -0.25) is 34.3 Å². The second-order valence-electron chi connectivity index (χ2n) is 19.8. The molecule has 388 valence electrons. The van der Waals surface area contributed by atoms with Crippen LogP contribution in [0.2, 0.25) is 0 Å². The largest absolute Gasteiger partial charge is 0.491 e. The van der Waals surface area contributed by atoms with Crippen molar-refractivity contribution in [1.82, 2.24) is 14.7 Å². The number of aliphatic hydroxyl groups is 1. The molecule has 10 rings (SSSR count). The van der Waals surface area contributed by atoms with Crippen LogP contribution < -0.4 is 9.64 Å². The Morgan fingerprint density at radius 2 is 1.43 bits per heavy atom. The molecular weight excluding hydrogens is 963 g/mol. The summed E-state index contributed by atoms with van der Waals surface area (Å²) < 4.78 is 18.7. The number of fused-ring (bicyclic) bond motifs is 3. The number of benzene rings is 6. The fourth-order valence-corrected chi connectivity index (χ4v) is 11.7. The minimum absolute atomic E-state index is 0.0323. The number of esters is 1. The molecule has 0 bridgehead atoms. The number of likely N-dealkylation sites (tertiary alicyclic amines) is 1. The molecule has 0 radical (unpaired) electrons. The topological polar surface area (TPSA) is 172 Å². The molecule has 3 fully saturated rings. The maximum Gasteiger partial charge on any atom is 0.421 e. The minimum atomic E-state index is -2.05. The Kier molecular flexibility index (Phi) is 15.4. The molecule has 3 saturated heterocycles. The van der Waals surface area contributed by atoms with Crippen LogP contribution in [0.3, 0.4) is 0 Å². The molecule has 15 heteroatoms. The van der Waals surface area contributed by atoms with Crippen molar-refractivity contribution in [2.45, 2.75) is 74.9 Å². The third-order valence-corrected chi connectivity index (χ3v) is 15.0. The van der Waals surface area contributed by atoms with Gasteiger partial charge in [-0.25, -0.2) is 9.69 Å². The molecule has 76 heavy (non-hydrogen) atoms. The Labute approximate surface area is 441 Å². The number of anilines is 1. The number of amides is 3. The van der Waals surface area contributed by atoms with Gasteiger partial charge < -0.3 is 24.2 Å². The molecule has 1 spiro atoms. The van der Waals surface area contributed by atoms with Crippen molar-refractivity contribution < 1.29 is 43.4 Å². The Bertz CT molecular complexity index is 3140.